The second kappa shape index (κ2) is 7.49. The number of nitrogens with zero attached hydrogens (tertiary/aromatic N) is 2. The number of ether oxygens (including phenoxy) is 1. The van der Waals surface area contributed by atoms with E-state index in [1.807, 2.05) is 12.1 Å². The minimum absolute atomic E-state index is 0.215. The molecule has 2 aromatic rings. The summed E-state index contributed by atoms with van der Waals surface area (Å²) in [6.07, 6.45) is 5.03. The highest BCUT2D eigenvalue weighted by Crippen LogP contribution is 2.16. The van der Waals surface area contributed by atoms with Crippen molar-refractivity contribution < 1.29 is 14.3 Å². The number of aryl methyl sites for hydroxylation is 1. The van der Waals surface area contributed by atoms with Crippen LogP contribution in [0, 0.1) is 0 Å². The molecule has 0 radical (unpaired) electrons. The van der Waals surface area contributed by atoms with Gasteiger partial charge >= 0.3 is 5.97 Å². The summed E-state index contributed by atoms with van der Waals surface area (Å²) >= 11 is 1.19. The molecule has 0 aliphatic heterocycles. The number of aromatic nitrogens is 2. The van der Waals surface area contributed by atoms with Crippen LogP contribution in [0.3, 0.4) is 0 Å². The van der Waals surface area contributed by atoms with Crippen LogP contribution in [0.25, 0.3) is 0 Å². The number of hydrogen-bond donors (Lipinski definition) is 1. The van der Waals surface area contributed by atoms with Crippen molar-refractivity contribution in [3.8, 4) is 0 Å². The third-order valence-electron chi connectivity index (χ3n) is 2.59. The topological polar surface area (TPSA) is 81.2 Å². The molecule has 0 fully saturated rings. The highest BCUT2D eigenvalue weighted by atomic mass is 32.1. The summed E-state index contributed by atoms with van der Waals surface area (Å²) in [6, 6.07) is 3.86. The van der Waals surface area contributed by atoms with Crippen LogP contribution in [0.4, 0.5) is 5.13 Å². The lowest BCUT2D eigenvalue weighted by Gasteiger charge is -2.03. The Kier molecular flexibility index (Phi) is 5.39. The van der Waals surface area contributed by atoms with E-state index >= 15 is 0 Å². The van der Waals surface area contributed by atoms with Gasteiger partial charge < -0.3 is 10.1 Å². The largest absolute Gasteiger partial charge is 0.461 e. The van der Waals surface area contributed by atoms with Gasteiger partial charge in [-0.05, 0) is 30.5 Å². The van der Waals surface area contributed by atoms with Gasteiger partial charge in [0.05, 0.1) is 6.61 Å². The van der Waals surface area contributed by atoms with Crippen molar-refractivity contribution >= 4 is 28.3 Å². The van der Waals surface area contributed by atoms with E-state index in [0.29, 0.717) is 11.7 Å². The van der Waals surface area contributed by atoms with Gasteiger partial charge in [0, 0.05) is 24.7 Å². The van der Waals surface area contributed by atoms with Crippen molar-refractivity contribution in [3.63, 3.8) is 0 Å². The van der Waals surface area contributed by atoms with Gasteiger partial charge in [-0.3, -0.25) is 9.78 Å². The molecule has 0 saturated carbocycles. The SMILES string of the molecule is CC(=O)Nc1nc(C(=O)OCCCc2ccncc2)cs1. The second-order valence-electron chi connectivity index (χ2n) is 4.31. The summed E-state index contributed by atoms with van der Waals surface area (Å²) in [6.45, 7) is 1.71. The van der Waals surface area contributed by atoms with E-state index in [-0.39, 0.29) is 11.6 Å². The predicted octanol–water partition coefficient (Wildman–Crippen LogP) is 2.29. The van der Waals surface area contributed by atoms with E-state index in [4.69, 9.17) is 4.74 Å². The van der Waals surface area contributed by atoms with Crippen LogP contribution in [0.2, 0.25) is 0 Å². The van der Waals surface area contributed by atoms with Gasteiger partial charge in [-0.25, -0.2) is 9.78 Å². The number of carbonyl (C=O) groups excluding carboxylic acids is 2. The highest BCUT2D eigenvalue weighted by molar-refractivity contribution is 7.14. The van der Waals surface area contributed by atoms with Crippen molar-refractivity contribution in [3.05, 3.63) is 41.2 Å². The maximum Gasteiger partial charge on any atom is 0.357 e. The first-order chi connectivity index (χ1) is 10.1. The zero-order valence-electron chi connectivity index (χ0n) is 11.5. The van der Waals surface area contributed by atoms with Gasteiger partial charge in [0.15, 0.2) is 10.8 Å². The van der Waals surface area contributed by atoms with Crippen molar-refractivity contribution in [1.29, 1.82) is 0 Å². The van der Waals surface area contributed by atoms with E-state index in [9.17, 15) is 9.59 Å². The van der Waals surface area contributed by atoms with E-state index in [0.717, 1.165) is 18.4 Å². The Bertz CT molecular complexity index is 613. The van der Waals surface area contributed by atoms with Crippen LogP contribution in [-0.2, 0) is 16.0 Å². The first-order valence-electron chi connectivity index (χ1n) is 6.44. The third kappa shape index (κ3) is 4.96. The Balaban J connectivity index is 1.74. The van der Waals surface area contributed by atoms with Crippen LogP contribution in [0.15, 0.2) is 29.9 Å². The summed E-state index contributed by atoms with van der Waals surface area (Å²) in [5, 5.41) is 4.48. The number of nitrogens with one attached hydrogen (secondary N) is 1. The molecule has 0 unspecified atom stereocenters. The molecule has 0 aromatic carbocycles. The number of amides is 1. The maximum atomic E-state index is 11.8. The Labute approximate surface area is 126 Å². The molecule has 1 amide bonds. The second-order valence-corrected chi connectivity index (χ2v) is 5.17. The zero-order valence-corrected chi connectivity index (χ0v) is 12.4. The molecule has 0 spiro atoms. The maximum absolute atomic E-state index is 11.8. The van der Waals surface area contributed by atoms with Crippen LogP contribution >= 0.6 is 11.3 Å². The fourth-order valence-corrected chi connectivity index (χ4v) is 2.37. The minimum atomic E-state index is -0.474. The molecule has 110 valence electrons. The van der Waals surface area contributed by atoms with E-state index in [2.05, 4.69) is 15.3 Å². The average molecular weight is 305 g/mol. The van der Waals surface area contributed by atoms with Crippen molar-refractivity contribution in [2.24, 2.45) is 0 Å². The number of thiazole rings is 1. The van der Waals surface area contributed by atoms with Gasteiger partial charge in [-0.1, -0.05) is 0 Å². The van der Waals surface area contributed by atoms with Gasteiger partial charge in [0.25, 0.3) is 0 Å². The number of carbonyl (C=O) groups is 2. The number of rotatable bonds is 6. The molecule has 6 nitrogen and oxygen atoms in total. The summed E-state index contributed by atoms with van der Waals surface area (Å²) < 4.78 is 5.15. The van der Waals surface area contributed by atoms with Crippen molar-refractivity contribution in [1.82, 2.24) is 9.97 Å². The normalized spacial score (nSPS) is 10.1. The first-order valence-corrected chi connectivity index (χ1v) is 7.32. The summed E-state index contributed by atoms with van der Waals surface area (Å²) in [4.78, 5) is 30.6. The Morgan fingerprint density at radius 2 is 2.10 bits per heavy atom. The molecule has 1 N–H and O–H groups in total. The number of pyridine rings is 1. The first kappa shape index (κ1) is 15.1. The van der Waals surface area contributed by atoms with Crippen LogP contribution in [-0.4, -0.2) is 28.5 Å². The summed E-state index contributed by atoms with van der Waals surface area (Å²) in [5.74, 6) is -0.695. The van der Waals surface area contributed by atoms with E-state index in [1.54, 1.807) is 17.8 Å². The molecular weight excluding hydrogens is 290 g/mol. The molecule has 0 atom stereocenters. The molecule has 0 aliphatic carbocycles. The van der Waals surface area contributed by atoms with E-state index in [1.165, 1.54) is 18.3 Å². The molecule has 2 heterocycles. The molecule has 0 saturated heterocycles. The molecule has 0 bridgehead atoms. The molecule has 2 rings (SSSR count). The molecule has 21 heavy (non-hydrogen) atoms. The lowest BCUT2D eigenvalue weighted by Crippen LogP contribution is -2.09. The quantitative estimate of drug-likeness (QED) is 0.654. The minimum Gasteiger partial charge on any atom is -0.461 e. The molecule has 7 heteroatoms. The molecule has 2 aromatic heterocycles. The fraction of sp³-hybridized carbons (Fsp3) is 0.286. The van der Waals surface area contributed by atoms with E-state index < -0.39 is 5.97 Å². The van der Waals surface area contributed by atoms with Crippen molar-refractivity contribution in [2.45, 2.75) is 19.8 Å². The standard InChI is InChI=1S/C14H15N3O3S/c1-10(18)16-14-17-12(9-21-14)13(19)20-8-2-3-11-4-6-15-7-5-11/h4-7,9H,2-3,8H2,1H3,(H,16,17,18). The van der Waals surface area contributed by atoms with Crippen LogP contribution in [0.1, 0.15) is 29.4 Å². The summed E-state index contributed by atoms with van der Waals surface area (Å²) in [5.41, 5.74) is 1.37. The van der Waals surface area contributed by atoms with Crippen LogP contribution in [0.5, 0.6) is 0 Å². The predicted molar refractivity (Wildman–Crippen MR) is 79.3 cm³/mol. The number of anilines is 1. The van der Waals surface area contributed by atoms with Gasteiger partial charge in [-0.2, -0.15) is 0 Å². The summed E-state index contributed by atoms with van der Waals surface area (Å²) in [7, 11) is 0. The fourth-order valence-electron chi connectivity index (χ4n) is 1.64. The lowest BCUT2D eigenvalue weighted by atomic mass is 10.1. The Morgan fingerprint density at radius 3 is 2.81 bits per heavy atom. The zero-order chi connectivity index (χ0) is 15.1. The van der Waals surface area contributed by atoms with Gasteiger partial charge in [0.1, 0.15) is 0 Å². The molecular formula is C14H15N3O3S. The highest BCUT2D eigenvalue weighted by Gasteiger charge is 2.12. The lowest BCUT2D eigenvalue weighted by molar-refractivity contribution is -0.114. The van der Waals surface area contributed by atoms with Gasteiger partial charge in [-0.15, -0.1) is 11.3 Å². The third-order valence-corrected chi connectivity index (χ3v) is 3.35. The van der Waals surface area contributed by atoms with Crippen LogP contribution < -0.4 is 5.32 Å². The Hall–Kier alpha value is -2.28. The molecule has 0 aliphatic rings. The average Bonchev–Trinajstić information content (AvgIpc) is 2.92. The number of hydrogen-bond acceptors (Lipinski definition) is 6. The number of esters is 1. The van der Waals surface area contributed by atoms with Crippen molar-refractivity contribution in [2.75, 3.05) is 11.9 Å². The Morgan fingerprint density at radius 1 is 1.33 bits per heavy atom. The van der Waals surface area contributed by atoms with Gasteiger partial charge in [0.2, 0.25) is 5.91 Å². The smallest absolute Gasteiger partial charge is 0.357 e. The monoisotopic (exact) mass is 305 g/mol.